The number of likely N-dealkylation sites (tertiary alicyclic amines) is 1. The zero-order valence-electron chi connectivity index (χ0n) is 17.0. The predicted octanol–water partition coefficient (Wildman–Crippen LogP) is 4.73. The van der Waals surface area contributed by atoms with E-state index in [1.165, 1.54) is 17.7 Å². The van der Waals surface area contributed by atoms with Crippen molar-refractivity contribution < 1.29 is 9.18 Å². The Morgan fingerprint density at radius 2 is 1.82 bits per heavy atom. The Morgan fingerprint density at radius 1 is 1.11 bits per heavy atom. The van der Waals surface area contributed by atoms with E-state index in [1.807, 2.05) is 24.3 Å². The van der Waals surface area contributed by atoms with Crippen molar-refractivity contribution in [3.63, 3.8) is 0 Å². The van der Waals surface area contributed by atoms with Gasteiger partial charge in [0.2, 0.25) is 5.91 Å². The number of carbonyl (C=O) groups is 1. The van der Waals surface area contributed by atoms with Gasteiger partial charge in [-0.15, -0.1) is 0 Å². The molecule has 2 saturated heterocycles. The molecule has 4 rings (SSSR count). The summed E-state index contributed by atoms with van der Waals surface area (Å²) < 4.78 is 13.4. The van der Waals surface area contributed by atoms with Crippen LogP contribution in [0.2, 0.25) is 0 Å². The summed E-state index contributed by atoms with van der Waals surface area (Å²) in [5.74, 6) is 0.0109. The van der Waals surface area contributed by atoms with Crippen molar-refractivity contribution in [3.05, 3.63) is 65.5 Å². The van der Waals surface area contributed by atoms with Gasteiger partial charge in [-0.05, 0) is 75.4 Å². The van der Waals surface area contributed by atoms with E-state index in [0.717, 1.165) is 37.1 Å². The van der Waals surface area contributed by atoms with Crippen molar-refractivity contribution in [2.75, 3.05) is 11.4 Å². The van der Waals surface area contributed by atoms with Crippen LogP contribution in [0, 0.1) is 12.7 Å². The topological polar surface area (TPSA) is 23.6 Å². The molecule has 148 valence electrons. The number of benzene rings is 2. The molecule has 0 saturated carbocycles. The van der Waals surface area contributed by atoms with Gasteiger partial charge in [-0.1, -0.05) is 24.3 Å². The molecule has 3 nitrogen and oxygen atoms in total. The van der Waals surface area contributed by atoms with Gasteiger partial charge < -0.3 is 9.80 Å². The molecule has 4 heteroatoms. The van der Waals surface area contributed by atoms with Crippen molar-refractivity contribution in [3.8, 4) is 0 Å². The second kappa shape index (κ2) is 7.23. The van der Waals surface area contributed by atoms with Crippen LogP contribution < -0.4 is 4.90 Å². The lowest BCUT2D eigenvalue weighted by Gasteiger charge is -2.42. The average Bonchev–Trinajstić information content (AvgIpc) is 2.94. The van der Waals surface area contributed by atoms with Crippen LogP contribution in [0.15, 0.2) is 48.5 Å². The number of piperidine rings is 1. The van der Waals surface area contributed by atoms with Crippen LogP contribution in [-0.2, 0) is 11.2 Å². The lowest BCUT2D eigenvalue weighted by molar-refractivity contribution is -0.134. The number of carbonyl (C=O) groups excluding carboxylic acids is 1. The first-order chi connectivity index (χ1) is 13.4. The number of nitrogens with zero attached hydrogens (tertiary/aromatic N) is 2. The lowest BCUT2D eigenvalue weighted by Crippen LogP contribution is -2.53. The minimum absolute atomic E-state index is 0.0707. The van der Waals surface area contributed by atoms with Gasteiger partial charge in [0, 0.05) is 17.8 Å². The summed E-state index contributed by atoms with van der Waals surface area (Å²) in [6, 6.07) is 15.4. The lowest BCUT2D eigenvalue weighted by atomic mass is 9.93. The molecule has 0 radical (unpaired) electrons. The van der Waals surface area contributed by atoms with Gasteiger partial charge in [0.1, 0.15) is 5.82 Å². The molecule has 0 N–H and O–H groups in total. The molecule has 0 unspecified atom stereocenters. The van der Waals surface area contributed by atoms with E-state index < -0.39 is 0 Å². The van der Waals surface area contributed by atoms with Gasteiger partial charge in [-0.25, -0.2) is 4.39 Å². The van der Waals surface area contributed by atoms with Gasteiger partial charge >= 0.3 is 0 Å². The predicted molar refractivity (Wildman–Crippen MR) is 111 cm³/mol. The van der Waals surface area contributed by atoms with Gasteiger partial charge in [-0.3, -0.25) is 4.79 Å². The van der Waals surface area contributed by atoms with Crippen LogP contribution in [0.25, 0.3) is 0 Å². The summed E-state index contributed by atoms with van der Waals surface area (Å²) >= 11 is 0. The third-order valence-electron chi connectivity index (χ3n) is 6.46. The number of aryl methyl sites for hydroxylation is 1. The molecule has 28 heavy (non-hydrogen) atoms. The van der Waals surface area contributed by atoms with E-state index in [0.29, 0.717) is 6.42 Å². The van der Waals surface area contributed by atoms with Crippen molar-refractivity contribution in [2.24, 2.45) is 0 Å². The van der Waals surface area contributed by atoms with E-state index in [2.05, 4.69) is 42.7 Å². The molecule has 1 amide bonds. The minimum atomic E-state index is -0.212. The summed E-state index contributed by atoms with van der Waals surface area (Å²) in [6.07, 6.45) is 3.48. The number of rotatable bonds is 3. The van der Waals surface area contributed by atoms with E-state index in [4.69, 9.17) is 0 Å². The number of fused-ring (bicyclic) bond motifs is 1. The number of anilines is 1. The summed E-state index contributed by atoms with van der Waals surface area (Å²) in [7, 11) is 0. The molecule has 2 aliphatic rings. The van der Waals surface area contributed by atoms with E-state index in [1.54, 1.807) is 0 Å². The third kappa shape index (κ3) is 3.41. The maximum atomic E-state index is 13.4. The summed E-state index contributed by atoms with van der Waals surface area (Å²) in [5, 5.41) is 0. The highest BCUT2D eigenvalue weighted by Crippen LogP contribution is 2.43. The maximum absolute atomic E-state index is 13.4. The van der Waals surface area contributed by atoms with E-state index in [9.17, 15) is 9.18 Å². The minimum Gasteiger partial charge on any atom is -0.361 e. The number of hydrogen-bond donors (Lipinski definition) is 0. The molecule has 2 aliphatic heterocycles. The largest absolute Gasteiger partial charge is 0.361 e. The molecule has 0 spiro atoms. The smallest absolute Gasteiger partial charge is 0.227 e. The highest BCUT2D eigenvalue weighted by Gasteiger charge is 2.50. The molecule has 0 aromatic heterocycles. The standard InChI is InChI=1S/C24H29FN2O/c1-17-7-4-5-8-18(17)15-23(28)26-14-6-9-21-22(26)16-24(2,3)27(21)20-12-10-19(25)11-13-20/h4-5,7-8,10-13,21-22H,6,9,14-16H2,1-3H3/t21-,22-/m0/s1. The molecule has 2 atom stereocenters. The van der Waals surface area contributed by atoms with Crippen molar-refractivity contribution >= 4 is 11.6 Å². The van der Waals surface area contributed by atoms with Crippen LogP contribution in [0.5, 0.6) is 0 Å². The Bertz CT molecular complexity index is 861. The van der Waals surface area contributed by atoms with Crippen LogP contribution >= 0.6 is 0 Å². The normalized spacial score (nSPS) is 23.6. The molecular weight excluding hydrogens is 351 g/mol. The fourth-order valence-electron chi connectivity index (χ4n) is 5.17. The zero-order valence-corrected chi connectivity index (χ0v) is 17.0. The Morgan fingerprint density at radius 3 is 2.54 bits per heavy atom. The molecule has 2 heterocycles. The zero-order chi connectivity index (χ0) is 19.9. The number of hydrogen-bond acceptors (Lipinski definition) is 2. The van der Waals surface area contributed by atoms with Gasteiger partial charge in [-0.2, -0.15) is 0 Å². The molecule has 2 fully saturated rings. The fraction of sp³-hybridized carbons (Fsp3) is 0.458. The first kappa shape index (κ1) is 19.0. The Hall–Kier alpha value is -2.36. The van der Waals surface area contributed by atoms with Crippen LogP contribution in [-0.4, -0.2) is 35.0 Å². The number of halogens is 1. The summed E-state index contributed by atoms with van der Waals surface area (Å²) in [5.41, 5.74) is 3.26. The van der Waals surface area contributed by atoms with Gasteiger partial charge in [0.05, 0.1) is 18.5 Å². The first-order valence-electron chi connectivity index (χ1n) is 10.3. The van der Waals surface area contributed by atoms with Gasteiger partial charge in [0.25, 0.3) is 0 Å². The molecule has 2 aromatic carbocycles. The van der Waals surface area contributed by atoms with Crippen LogP contribution in [0.1, 0.15) is 44.2 Å². The monoisotopic (exact) mass is 380 g/mol. The first-order valence-corrected chi connectivity index (χ1v) is 10.3. The Labute approximate surface area is 167 Å². The maximum Gasteiger partial charge on any atom is 0.227 e. The van der Waals surface area contributed by atoms with Crippen LogP contribution in [0.3, 0.4) is 0 Å². The Balaban J connectivity index is 1.59. The SMILES string of the molecule is Cc1ccccc1CC(=O)N1CCC[C@H]2[C@@H]1CC(C)(C)N2c1ccc(F)cc1. The van der Waals surface area contributed by atoms with Crippen molar-refractivity contribution in [1.29, 1.82) is 0 Å². The van der Waals surface area contributed by atoms with E-state index in [-0.39, 0.29) is 29.3 Å². The van der Waals surface area contributed by atoms with Gasteiger partial charge in [0.15, 0.2) is 0 Å². The summed E-state index contributed by atoms with van der Waals surface area (Å²) in [4.78, 5) is 17.8. The van der Waals surface area contributed by atoms with Crippen molar-refractivity contribution in [2.45, 2.75) is 64.1 Å². The van der Waals surface area contributed by atoms with Crippen LogP contribution in [0.4, 0.5) is 10.1 Å². The average molecular weight is 381 g/mol. The molecule has 2 aromatic rings. The number of amides is 1. The quantitative estimate of drug-likeness (QED) is 0.769. The fourth-order valence-corrected chi connectivity index (χ4v) is 5.17. The molecular formula is C24H29FN2O. The highest BCUT2D eigenvalue weighted by atomic mass is 19.1. The summed E-state index contributed by atoms with van der Waals surface area (Å²) in [6.45, 7) is 7.37. The van der Waals surface area contributed by atoms with Crippen molar-refractivity contribution in [1.82, 2.24) is 4.90 Å². The Kier molecular flexibility index (Phi) is 4.90. The second-order valence-electron chi connectivity index (χ2n) is 8.83. The third-order valence-corrected chi connectivity index (χ3v) is 6.46. The molecule has 0 aliphatic carbocycles. The van der Waals surface area contributed by atoms with E-state index >= 15 is 0 Å². The molecule has 0 bridgehead atoms. The highest BCUT2D eigenvalue weighted by molar-refractivity contribution is 5.80. The second-order valence-corrected chi connectivity index (χ2v) is 8.83.